The van der Waals surface area contributed by atoms with E-state index in [2.05, 4.69) is 4.90 Å². The maximum Gasteiger partial charge on any atom is 0.295 e. The van der Waals surface area contributed by atoms with Crippen LogP contribution in [0.2, 0.25) is 0 Å². The van der Waals surface area contributed by atoms with E-state index in [1.165, 1.54) is 29.5 Å². The Morgan fingerprint density at radius 1 is 1.00 bits per heavy atom. The summed E-state index contributed by atoms with van der Waals surface area (Å²) in [5, 5.41) is 11.2. The number of piperidine rings is 1. The Morgan fingerprint density at radius 3 is 2.58 bits per heavy atom. The van der Waals surface area contributed by atoms with E-state index in [0.717, 1.165) is 25.9 Å². The largest absolute Gasteiger partial charge is 0.507 e. The van der Waals surface area contributed by atoms with Crippen molar-refractivity contribution >= 4 is 17.4 Å². The van der Waals surface area contributed by atoms with Gasteiger partial charge in [0, 0.05) is 18.7 Å². The molecule has 0 saturated carbocycles. The summed E-state index contributed by atoms with van der Waals surface area (Å²) in [6, 6.07) is 9.75. The predicted molar refractivity (Wildman–Crippen MR) is 118 cm³/mol. The number of carbonyl (C=O) groups is 2. The predicted octanol–water partition coefficient (Wildman–Crippen LogP) is 3.46. The fraction of sp³-hybridized carbons (Fsp3) is 0.360. The van der Waals surface area contributed by atoms with Crippen LogP contribution in [0.5, 0.6) is 11.5 Å². The number of rotatable bonds is 5. The SMILES string of the molecule is O=C1C(=O)N(CCN2CCCCC2)C(c2cccc(F)c2)/C1=C(\O)c1ccc2c(c1)OCO2. The number of hydrogen-bond acceptors (Lipinski definition) is 6. The minimum atomic E-state index is -0.879. The van der Waals surface area contributed by atoms with Crippen LogP contribution < -0.4 is 9.47 Å². The molecule has 0 bridgehead atoms. The first-order chi connectivity index (χ1) is 16.0. The zero-order valence-corrected chi connectivity index (χ0v) is 18.1. The lowest BCUT2D eigenvalue weighted by Crippen LogP contribution is -2.40. The van der Waals surface area contributed by atoms with Gasteiger partial charge in [0.05, 0.1) is 11.6 Å². The van der Waals surface area contributed by atoms with E-state index in [1.54, 1.807) is 24.3 Å². The van der Waals surface area contributed by atoms with Crippen molar-refractivity contribution in [2.45, 2.75) is 25.3 Å². The standard InChI is InChI=1S/C25H25FN2O5/c26-18-6-4-5-16(13-18)22-21(23(29)17-7-8-19-20(14-17)33-15-32-19)24(30)25(31)28(22)12-11-27-9-2-1-3-10-27/h4-8,13-14,22,29H,1-3,9-12,15H2/b23-21+. The van der Waals surface area contributed by atoms with E-state index in [1.807, 2.05) is 0 Å². The van der Waals surface area contributed by atoms with E-state index >= 15 is 0 Å². The molecule has 8 heteroatoms. The molecule has 0 spiro atoms. The molecule has 2 saturated heterocycles. The highest BCUT2D eigenvalue weighted by Crippen LogP contribution is 2.41. The molecular formula is C25H25FN2O5. The summed E-state index contributed by atoms with van der Waals surface area (Å²) >= 11 is 0. The maximum absolute atomic E-state index is 14.1. The van der Waals surface area contributed by atoms with Crippen molar-refractivity contribution in [3.63, 3.8) is 0 Å². The average molecular weight is 452 g/mol. The third kappa shape index (κ3) is 4.06. The second-order valence-electron chi connectivity index (χ2n) is 8.52. The van der Waals surface area contributed by atoms with Crippen LogP contribution in [0.15, 0.2) is 48.0 Å². The smallest absolute Gasteiger partial charge is 0.295 e. The van der Waals surface area contributed by atoms with E-state index in [9.17, 15) is 19.1 Å². The molecule has 0 radical (unpaired) electrons. The number of fused-ring (bicyclic) bond motifs is 1. The van der Waals surface area contributed by atoms with Crippen LogP contribution in [-0.4, -0.2) is 59.6 Å². The molecule has 2 aromatic rings. The van der Waals surface area contributed by atoms with Crippen molar-refractivity contribution in [2.75, 3.05) is 33.0 Å². The molecule has 3 aliphatic rings. The summed E-state index contributed by atoms with van der Waals surface area (Å²) < 4.78 is 24.8. The zero-order valence-electron chi connectivity index (χ0n) is 18.1. The minimum Gasteiger partial charge on any atom is -0.507 e. The first kappa shape index (κ1) is 21.5. The van der Waals surface area contributed by atoms with Crippen molar-refractivity contribution in [2.24, 2.45) is 0 Å². The zero-order chi connectivity index (χ0) is 22.9. The number of halogens is 1. The molecule has 33 heavy (non-hydrogen) atoms. The summed E-state index contributed by atoms with van der Waals surface area (Å²) in [6.45, 7) is 2.90. The topological polar surface area (TPSA) is 79.3 Å². The Bertz CT molecular complexity index is 1130. The lowest BCUT2D eigenvalue weighted by Gasteiger charge is -2.31. The van der Waals surface area contributed by atoms with E-state index < -0.39 is 23.5 Å². The number of nitrogens with zero attached hydrogens (tertiary/aromatic N) is 2. The number of hydrogen-bond donors (Lipinski definition) is 1. The monoisotopic (exact) mass is 452 g/mol. The lowest BCUT2D eigenvalue weighted by atomic mass is 9.95. The van der Waals surface area contributed by atoms with Crippen LogP contribution in [0.1, 0.15) is 36.4 Å². The van der Waals surface area contributed by atoms with Crippen molar-refractivity contribution in [1.29, 1.82) is 0 Å². The number of likely N-dealkylation sites (tertiary alicyclic amines) is 2. The number of ether oxygens (including phenoxy) is 2. The summed E-state index contributed by atoms with van der Waals surface area (Å²) in [4.78, 5) is 29.9. The molecule has 172 valence electrons. The van der Waals surface area contributed by atoms with Gasteiger partial charge in [-0.25, -0.2) is 4.39 Å². The van der Waals surface area contributed by atoms with Gasteiger partial charge in [0.2, 0.25) is 6.79 Å². The summed E-state index contributed by atoms with van der Waals surface area (Å²) in [6.07, 6.45) is 3.41. The van der Waals surface area contributed by atoms with Gasteiger partial charge >= 0.3 is 0 Å². The fourth-order valence-corrected chi connectivity index (χ4v) is 4.77. The van der Waals surface area contributed by atoms with E-state index in [-0.39, 0.29) is 18.1 Å². The molecule has 1 atom stereocenters. The van der Waals surface area contributed by atoms with Gasteiger partial charge in [-0.3, -0.25) is 9.59 Å². The molecular weight excluding hydrogens is 427 g/mol. The third-order valence-electron chi connectivity index (χ3n) is 6.46. The molecule has 1 amide bonds. The van der Waals surface area contributed by atoms with E-state index in [4.69, 9.17) is 9.47 Å². The van der Waals surface area contributed by atoms with Gasteiger partial charge in [-0.15, -0.1) is 0 Å². The van der Waals surface area contributed by atoms with Crippen LogP contribution >= 0.6 is 0 Å². The van der Waals surface area contributed by atoms with E-state index in [0.29, 0.717) is 35.7 Å². The first-order valence-corrected chi connectivity index (χ1v) is 11.2. The molecule has 2 aromatic carbocycles. The number of carbonyl (C=O) groups excluding carboxylic acids is 2. The highest BCUT2D eigenvalue weighted by atomic mass is 19.1. The van der Waals surface area contributed by atoms with Gasteiger partial charge in [0.25, 0.3) is 11.7 Å². The van der Waals surface area contributed by atoms with Gasteiger partial charge in [-0.1, -0.05) is 18.6 Å². The number of ketones is 1. The Kier molecular flexibility index (Phi) is 5.76. The van der Waals surface area contributed by atoms with Crippen LogP contribution in [0.25, 0.3) is 5.76 Å². The van der Waals surface area contributed by atoms with Crippen LogP contribution in [-0.2, 0) is 9.59 Å². The van der Waals surface area contributed by atoms with Crippen molar-refractivity contribution in [1.82, 2.24) is 9.80 Å². The number of aliphatic hydroxyl groups is 1. The Morgan fingerprint density at radius 2 is 1.79 bits per heavy atom. The average Bonchev–Trinajstić information content (AvgIpc) is 3.40. The van der Waals surface area contributed by atoms with Crippen LogP contribution in [0.3, 0.4) is 0 Å². The number of Topliss-reactive ketones (excluding diaryl/α,β-unsaturated/α-hetero) is 1. The molecule has 2 fully saturated rings. The number of benzene rings is 2. The Hall–Kier alpha value is -3.39. The molecule has 7 nitrogen and oxygen atoms in total. The quantitative estimate of drug-likeness (QED) is 0.425. The Labute approximate surface area is 191 Å². The highest BCUT2D eigenvalue weighted by molar-refractivity contribution is 6.46. The van der Waals surface area contributed by atoms with Crippen LogP contribution in [0.4, 0.5) is 4.39 Å². The van der Waals surface area contributed by atoms with Gasteiger partial charge in [0.1, 0.15) is 11.6 Å². The second kappa shape index (κ2) is 8.86. The van der Waals surface area contributed by atoms with Gasteiger partial charge < -0.3 is 24.4 Å². The van der Waals surface area contributed by atoms with Crippen molar-refractivity contribution < 1.29 is 28.6 Å². The summed E-state index contributed by atoms with van der Waals surface area (Å²) in [7, 11) is 0. The second-order valence-corrected chi connectivity index (χ2v) is 8.52. The number of amides is 1. The number of aliphatic hydroxyl groups excluding tert-OH is 1. The molecule has 3 heterocycles. The third-order valence-corrected chi connectivity index (χ3v) is 6.46. The minimum absolute atomic E-state index is 0.0527. The molecule has 0 aliphatic carbocycles. The van der Waals surface area contributed by atoms with Crippen LogP contribution in [0, 0.1) is 5.82 Å². The molecule has 1 unspecified atom stereocenters. The van der Waals surface area contributed by atoms with Crippen molar-refractivity contribution in [3.05, 3.63) is 65.0 Å². The first-order valence-electron chi connectivity index (χ1n) is 11.2. The van der Waals surface area contributed by atoms with Gasteiger partial charge in [-0.2, -0.15) is 0 Å². The molecule has 1 N–H and O–H groups in total. The summed E-state index contributed by atoms with van der Waals surface area (Å²) in [5.74, 6) is -1.28. The lowest BCUT2D eigenvalue weighted by molar-refractivity contribution is -0.140. The normalized spacial score (nSPS) is 22.2. The Balaban J connectivity index is 1.54. The van der Waals surface area contributed by atoms with Gasteiger partial charge in [0.15, 0.2) is 11.5 Å². The van der Waals surface area contributed by atoms with Crippen molar-refractivity contribution in [3.8, 4) is 11.5 Å². The maximum atomic E-state index is 14.1. The molecule has 3 aliphatic heterocycles. The molecule has 0 aromatic heterocycles. The van der Waals surface area contributed by atoms with Gasteiger partial charge in [-0.05, 0) is 61.8 Å². The summed E-state index contributed by atoms with van der Waals surface area (Å²) in [5.41, 5.74) is 0.716. The fourth-order valence-electron chi connectivity index (χ4n) is 4.77. The highest BCUT2D eigenvalue weighted by Gasteiger charge is 2.46. The molecule has 5 rings (SSSR count).